The van der Waals surface area contributed by atoms with Gasteiger partial charge in [0.1, 0.15) is 0 Å². The fourth-order valence-corrected chi connectivity index (χ4v) is 4.64. The van der Waals surface area contributed by atoms with Crippen LogP contribution in [0.1, 0.15) is 28.9 Å². The second kappa shape index (κ2) is 10.4. The summed E-state index contributed by atoms with van der Waals surface area (Å²) in [7, 11) is -1.57. The van der Waals surface area contributed by atoms with Crippen LogP contribution >= 0.6 is 0 Å². The number of carbonyl (C=O) groups is 2. The van der Waals surface area contributed by atoms with Crippen molar-refractivity contribution in [3.05, 3.63) is 59.7 Å². The topological polar surface area (TPSA) is 133 Å². The van der Waals surface area contributed by atoms with E-state index in [0.717, 1.165) is 8.61 Å². The van der Waals surface area contributed by atoms with E-state index >= 15 is 0 Å². The molecule has 2 N–H and O–H groups in total. The summed E-state index contributed by atoms with van der Waals surface area (Å²) in [5.74, 6) is -1.05. The van der Waals surface area contributed by atoms with Crippen LogP contribution in [0.25, 0.3) is 0 Å². The van der Waals surface area contributed by atoms with Crippen molar-refractivity contribution in [2.75, 3.05) is 34.7 Å². The second-order valence-electron chi connectivity index (χ2n) is 7.64. The first-order valence-corrected chi connectivity index (χ1v) is 12.8. The average Bonchev–Trinajstić information content (AvgIpc) is 2.77. The molecule has 0 radical (unpaired) electrons. The van der Waals surface area contributed by atoms with Crippen LogP contribution in [-0.4, -0.2) is 72.0 Å². The SMILES string of the molecule is CC(NC(=O)CNC(=O)c1cccc(S(=O)(=O)N(C)C)c1)c1ccc(S(=O)(=O)N(C)C)cc1. The summed E-state index contributed by atoms with van der Waals surface area (Å²) in [6.45, 7) is 1.41. The number of hydrogen-bond acceptors (Lipinski definition) is 6. The zero-order chi connectivity index (χ0) is 25.0. The molecule has 0 heterocycles. The monoisotopic (exact) mass is 496 g/mol. The second-order valence-corrected chi connectivity index (χ2v) is 11.9. The number of hydrogen-bond donors (Lipinski definition) is 2. The lowest BCUT2D eigenvalue weighted by Crippen LogP contribution is -2.38. The van der Waals surface area contributed by atoms with Gasteiger partial charge in [0.05, 0.1) is 22.4 Å². The number of nitrogens with zero attached hydrogens (tertiary/aromatic N) is 2. The van der Waals surface area contributed by atoms with Crippen LogP contribution in [0.15, 0.2) is 58.3 Å². The van der Waals surface area contributed by atoms with Gasteiger partial charge >= 0.3 is 0 Å². The molecule has 12 heteroatoms. The molecule has 0 saturated carbocycles. The number of sulfonamides is 2. The third kappa shape index (κ3) is 6.38. The highest BCUT2D eigenvalue weighted by molar-refractivity contribution is 7.89. The Hall–Kier alpha value is -2.80. The van der Waals surface area contributed by atoms with Crippen molar-refractivity contribution in [2.24, 2.45) is 0 Å². The Morgan fingerprint density at radius 2 is 1.39 bits per heavy atom. The molecule has 0 aliphatic carbocycles. The number of carbonyl (C=O) groups excluding carboxylic acids is 2. The van der Waals surface area contributed by atoms with E-state index in [1.165, 1.54) is 64.6 Å². The molecule has 0 aliphatic heterocycles. The van der Waals surface area contributed by atoms with Gasteiger partial charge in [-0.05, 0) is 42.8 Å². The third-order valence-corrected chi connectivity index (χ3v) is 8.46. The first-order valence-electron chi connectivity index (χ1n) is 9.89. The molecule has 0 spiro atoms. The molecule has 0 aromatic heterocycles. The van der Waals surface area contributed by atoms with Crippen LogP contribution in [0.3, 0.4) is 0 Å². The molecule has 0 bridgehead atoms. The Balaban J connectivity index is 1.98. The van der Waals surface area contributed by atoms with E-state index in [4.69, 9.17) is 0 Å². The van der Waals surface area contributed by atoms with Crippen molar-refractivity contribution in [1.29, 1.82) is 0 Å². The van der Waals surface area contributed by atoms with E-state index < -0.39 is 37.9 Å². The Bertz CT molecular complexity index is 1220. The van der Waals surface area contributed by atoms with Crippen LogP contribution in [0, 0.1) is 0 Å². The summed E-state index contributed by atoms with van der Waals surface area (Å²) >= 11 is 0. The smallest absolute Gasteiger partial charge is 0.251 e. The van der Waals surface area contributed by atoms with Crippen LogP contribution in [0.2, 0.25) is 0 Å². The molecule has 2 amide bonds. The highest BCUT2D eigenvalue weighted by atomic mass is 32.2. The number of rotatable bonds is 9. The summed E-state index contributed by atoms with van der Waals surface area (Å²) in [5.41, 5.74) is 0.797. The summed E-state index contributed by atoms with van der Waals surface area (Å²) in [6.07, 6.45) is 0. The molecule has 0 saturated heterocycles. The fourth-order valence-electron chi connectivity index (χ4n) is 2.79. The van der Waals surface area contributed by atoms with Crippen LogP contribution in [0.5, 0.6) is 0 Å². The standard InChI is InChI=1S/C21H28N4O6S2/c1-15(16-9-11-18(12-10-16)32(28,29)24(2)3)23-20(26)14-22-21(27)17-7-6-8-19(13-17)33(30,31)25(4)5/h6-13,15H,14H2,1-5H3,(H,22,27)(H,23,26). The fraction of sp³-hybridized carbons (Fsp3) is 0.333. The quantitative estimate of drug-likeness (QED) is 0.528. The minimum absolute atomic E-state index is 0.0297. The van der Waals surface area contributed by atoms with Gasteiger partial charge in [-0.25, -0.2) is 25.4 Å². The minimum atomic E-state index is -3.69. The first-order chi connectivity index (χ1) is 15.3. The normalized spacial score (nSPS) is 13.1. The highest BCUT2D eigenvalue weighted by Gasteiger charge is 2.20. The molecule has 2 aromatic carbocycles. The molecule has 180 valence electrons. The van der Waals surface area contributed by atoms with Gasteiger partial charge < -0.3 is 10.6 Å². The molecule has 0 fully saturated rings. The zero-order valence-corrected chi connectivity index (χ0v) is 20.7. The van der Waals surface area contributed by atoms with E-state index in [2.05, 4.69) is 10.6 Å². The predicted octanol–water partition coefficient (Wildman–Crippen LogP) is 0.794. The minimum Gasteiger partial charge on any atom is -0.348 e. The maximum absolute atomic E-state index is 12.4. The van der Waals surface area contributed by atoms with Crippen molar-refractivity contribution >= 4 is 31.9 Å². The third-order valence-electron chi connectivity index (χ3n) is 4.82. The Morgan fingerprint density at radius 1 is 0.848 bits per heavy atom. The maximum atomic E-state index is 12.4. The van der Waals surface area contributed by atoms with E-state index in [1.807, 2.05) is 0 Å². The highest BCUT2D eigenvalue weighted by Crippen LogP contribution is 2.18. The van der Waals surface area contributed by atoms with E-state index in [9.17, 15) is 26.4 Å². The van der Waals surface area contributed by atoms with Crippen molar-refractivity contribution in [2.45, 2.75) is 22.8 Å². The van der Waals surface area contributed by atoms with Gasteiger partial charge in [-0.2, -0.15) is 0 Å². The number of amides is 2. The lowest BCUT2D eigenvalue weighted by molar-refractivity contribution is -0.120. The van der Waals surface area contributed by atoms with Gasteiger partial charge in [0.25, 0.3) is 5.91 Å². The molecule has 33 heavy (non-hydrogen) atoms. The van der Waals surface area contributed by atoms with Crippen molar-refractivity contribution < 1.29 is 26.4 Å². The van der Waals surface area contributed by atoms with E-state index in [-0.39, 0.29) is 21.9 Å². The lowest BCUT2D eigenvalue weighted by atomic mass is 10.1. The number of nitrogens with one attached hydrogen (secondary N) is 2. The van der Waals surface area contributed by atoms with E-state index in [0.29, 0.717) is 5.56 Å². The molecule has 10 nitrogen and oxygen atoms in total. The van der Waals surface area contributed by atoms with Gasteiger partial charge in [0.2, 0.25) is 26.0 Å². The van der Waals surface area contributed by atoms with Crippen molar-refractivity contribution in [3.63, 3.8) is 0 Å². The Kier molecular flexibility index (Phi) is 8.36. The summed E-state index contributed by atoms with van der Waals surface area (Å²) in [6, 6.07) is 11.2. The molecule has 2 aromatic rings. The first kappa shape index (κ1) is 26.5. The molecule has 2 rings (SSSR count). The van der Waals surface area contributed by atoms with Gasteiger partial charge in [-0.1, -0.05) is 18.2 Å². The van der Waals surface area contributed by atoms with Gasteiger partial charge in [-0.3, -0.25) is 9.59 Å². The van der Waals surface area contributed by atoms with Crippen LogP contribution in [0.4, 0.5) is 0 Å². The summed E-state index contributed by atoms with van der Waals surface area (Å²) < 4.78 is 50.9. The van der Waals surface area contributed by atoms with Crippen LogP contribution in [-0.2, 0) is 24.8 Å². The summed E-state index contributed by atoms with van der Waals surface area (Å²) in [5, 5.41) is 5.18. The molecular weight excluding hydrogens is 468 g/mol. The number of benzene rings is 2. The van der Waals surface area contributed by atoms with Gasteiger partial charge in [0, 0.05) is 33.8 Å². The average molecular weight is 497 g/mol. The van der Waals surface area contributed by atoms with Crippen molar-refractivity contribution in [3.8, 4) is 0 Å². The molecule has 1 unspecified atom stereocenters. The maximum Gasteiger partial charge on any atom is 0.251 e. The Morgan fingerprint density at radius 3 is 1.94 bits per heavy atom. The molecule has 0 aliphatic rings. The van der Waals surface area contributed by atoms with Gasteiger partial charge in [0.15, 0.2) is 0 Å². The largest absolute Gasteiger partial charge is 0.348 e. The van der Waals surface area contributed by atoms with Gasteiger partial charge in [-0.15, -0.1) is 0 Å². The Labute approximate surface area is 194 Å². The predicted molar refractivity (Wildman–Crippen MR) is 124 cm³/mol. The molecule has 1 atom stereocenters. The summed E-state index contributed by atoms with van der Waals surface area (Å²) in [4.78, 5) is 24.8. The molecular formula is C21H28N4O6S2. The van der Waals surface area contributed by atoms with Crippen molar-refractivity contribution in [1.82, 2.24) is 19.2 Å². The van der Waals surface area contributed by atoms with Crippen LogP contribution < -0.4 is 10.6 Å². The zero-order valence-electron chi connectivity index (χ0n) is 19.1. The lowest BCUT2D eigenvalue weighted by Gasteiger charge is -2.16. The van der Waals surface area contributed by atoms with E-state index in [1.54, 1.807) is 19.1 Å².